The van der Waals surface area contributed by atoms with E-state index >= 15 is 0 Å². The van der Waals surface area contributed by atoms with Crippen molar-refractivity contribution in [1.82, 2.24) is 14.7 Å². The summed E-state index contributed by atoms with van der Waals surface area (Å²) in [6, 6.07) is 0.370. The van der Waals surface area contributed by atoms with Crippen LogP contribution in [0.4, 0.5) is 0 Å². The molecule has 0 spiro atoms. The van der Waals surface area contributed by atoms with Gasteiger partial charge in [-0.05, 0) is 26.2 Å². The standard InChI is InChI=1S/C16H30N4O2.2ClH/c1-13(11-17)16(22)19-9-7-18(8-10-19)12-15(21)20-6-4-3-5-14(20)2;;/h13-14H,3-12,17H2,1-2H3;2*1H. The van der Waals surface area contributed by atoms with Gasteiger partial charge in [-0.15, -0.1) is 24.8 Å². The molecule has 2 fully saturated rings. The smallest absolute Gasteiger partial charge is 0.236 e. The molecule has 2 unspecified atom stereocenters. The van der Waals surface area contributed by atoms with Crippen LogP contribution in [0.2, 0.25) is 0 Å². The monoisotopic (exact) mass is 382 g/mol. The van der Waals surface area contributed by atoms with Crippen LogP contribution in [0.25, 0.3) is 0 Å². The molecule has 0 radical (unpaired) electrons. The summed E-state index contributed by atoms with van der Waals surface area (Å²) in [5.74, 6) is 0.266. The molecule has 24 heavy (non-hydrogen) atoms. The Balaban J connectivity index is 0.00000264. The number of nitrogens with zero attached hydrogens (tertiary/aromatic N) is 3. The number of piperazine rings is 1. The molecule has 2 aliphatic rings. The van der Waals surface area contributed by atoms with Gasteiger partial charge in [-0.3, -0.25) is 14.5 Å². The van der Waals surface area contributed by atoms with Gasteiger partial charge in [0.05, 0.1) is 6.54 Å². The number of hydrogen-bond donors (Lipinski definition) is 1. The van der Waals surface area contributed by atoms with Crippen molar-refractivity contribution in [3.8, 4) is 0 Å². The van der Waals surface area contributed by atoms with Crippen LogP contribution in [-0.2, 0) is 9.59 Å². The Hall–Kier alpha value is -0.560. The Bertz CT molecular complexity index is 404. The van der Waals surface area contributed by atoms with Gasteiger partial charge in [-0.25, -0.2) is 0 Å². The van der Waals surface area contributed by atoms with E-state index in [1.54, 1.807) is 0 Å². The van der Waals surface area contributed by atoms with Crippen LogP contribution in [0, 0.1) is 5.92 Å². The van der Waals surface area contributed by atoms with E-state index in [0.717, 1.165) is 32.5 Å². The second-order valence-electron chi connectivity index (χ2n) is 6.67. The predicted octanol–water partition coefficient (Wildman–Crippen LogP) is 0.970. The molecule has 0 saturated carbocycles. The van der Waals surface area contributed by atoms with Crippen molar-refractivity contribution in [2.45, 2.75) is 39.2 Å². The Morgan fingerprint density at radius 2 is 1.71 bits per heavy atom. The lowest BCUT2D eigenvalue weighted by Gasteiger charge is -2.38. The van der Waals surface area contributed by atoms with E-state index in [4.69, 9.17) is 5.73 Å². The van der Waals surface area contributed by atoms with Crippen molar-refractivity contribution < 1.29 is 9.59 Å². The normalized spacial score (nSPS) is 23.0. The van der Waals surface area contributed by atoms with Crippen molar-refractivity contribution in [3.63, 3.8) is 0 Å². The Labute approximate surface area is 157 Å². The second kappa shape index (κ2) is 11.1. The first-order valence-corrected chi connectivity index (χ1v) is 8.53. The highest BCUT2D eigenvalue weighted by atomic mass is 35.5. The molecule has 0 aromatic carbocycles. The Morgan fingerprint density at radius 1 is 1.08 bits per heavy atom. The molecule has 2 saturated heterocycles. The topological polar surface area (TPSA) is 69.9 Å². The molecule has 0 aromatic rings. The number of nitrogens with two attached hydrogens (primary N) is 1. The van der Waals surface area contributed by atoms with Gasteiger partial charge in [0.2, 0.25) is 11.8 Å². The first-order valence-electron chi connectivity index (χ1n) is 8.53. The molecule has 2 rings (SSSR count). The average molecular weight is 383 g/mol. The Kier molecular flexibility index (Phi) is 10.9. The second-order valence-corrected chi connectivity index (χ2v) is 6.67. The zero-order chi connectivity index (χ0) is 16.1. The van der Waals surface area contributed by atoms with Crippen LogP contribution in [0.3, 0.4) is 0 Å². The number of halogens is 2. The molecule has 6 nitrogen and oxygen atoms in total. The van der Waals surface area contributed by atoms with Gasteiger partial charge in [0, 0.05) is 51.2 Å². The summed E-state index contributed by atoms with van der Waals surface area (Å²) in [6.07, 6.45) is 3.46. The fourth-order valence-electron chi connectivity index (χ4n) is 3.29. The number of carbonyl (C=O) groups is 2. The van der Waals surface area contributed by atoms with Crippen molar-refractivity contribution in [3.05, 3.63) is 0 Å². The highest BCUT2D eigenvalue weighted by Crippen LogP contribution is 2.17. The number of likely N-dealkylation sites (tertiary alicyclic amines) is 1. The summed E-state index contributed by atoms with van der Waals surface area (Å²) in [6.45, 7) is 8.74. The van der Waals surface area contributed by atoms with Crippen LogP contribution >= 0.6 is 24.8 Å². The first kappa shape index (κ1) is 23.4. The van der Waals surface area contributed by atoms with E-state index in [1.165, 1.54) is 6.42 Å². The molecule has 0 bridgehead atoms. The third-order valence-electron chi connectivity index (χ3n) is 4.94. The lowest BCUT2D eigenvalue weighted by atomic mass is 10.0. The number of rotatable bonds is 4. The van der Waals surface area contributed by atoms with Gasteiger partial charge < -0.3 is 15.5 Å². The van der Waals surface area contributed by atoms with E-state index in [1.807, 2.05) is 16.7 Å². The minimum atomic E-state index is -0.109. The molecular weight excluding hydrogens is 351 g/mol. The summed E-state index contributed by atoms with van der Waals surface area (Å²) in [5.41, 5.74) is 5.56. The van der Waals surface area contributed by atoms with Crippen LogP contribution in [-0.4, -0.2) is 78.4 Å². The van der Waals surface area contributed by atoms with Gasteiger partial charge in [-0.1, -0.05) is 6.92 Å². The highest BCUT2D eigenvalue weighted by molar-refractivity contribution is 5.85. The maximum absolute atomic E-state index is 12.4. The van der Waals surface area contributed by atoms with Crippen molar-refractivity contribution in [1.29, 1.82) is 0 Å². The van der Waals surface area contributed by atoms with Gasteiger partial charge in [0.25, 0.3) is 0 Å². The lowest BCUT2D eigenvalue weighted by molar-refractivity contribution is -0.138. The molecule has 2 heterocycles. The molecule has 142 valence electrons. The molecule has 0 aromatic heterocycles. The quantitative estimate of drug-likeness (QED) is 0.786. The van der Waals surface area contributed by atoms with Gasteiger partial charge >= 0.3 is 0 Å². The zero-order valence-electron chi connectivity index (χ0n) is 14.8. The molecule has 2 atom stereocenters. The minimum absolute atomic E-state index is 0. The van der Waals surface area contributed by atoms with Crippen molar-refractivity contribution >= 4 is 36.6 Å². The highest BCUT2D eigenvalue weighted by Gasteiger charge is 2.28. The minimum Gasteiger partial charge on any atom is -0.340 e. The molecule has 2 N–H and O–H groups in total. The summed E-state index contributed by atoms with van der Waals surface area (Å²) >= 11 is 0. The zero-order valence-corrected chi connectivity index (χ0v) is 16.4. The maximum Gasteiger partial charge on any atom is 0.236 e. The van der Waals surface area contributed by atoms with Crippen molar-refractivity contribution in [2.75, 3.05) is 45.8 Å². The fourth-order valence-corrected chi connectivity index (χ4v) is 3.29. The predicted molar refractivity (Wildman–Crippen MR) is 101 cm³/mol. The van der Waals surface area contributed by atoms with Gasteiger partial charge in [0.15, 0.2) is 0 Å². The largest absolute Gasteiger partial charge is 0.340 e. The van der Waals surface area contributed by atoms with E-state index in [2.05, 4.69) is 11.8 Å². The van der Waals surface area contributed by atoms with Crippen LogP contribution in [0.5, 0.6) is 0 Å². The molecule has 2 aliphatic heterocycles. The average Bonchev–Trinajstić information content (AvgIpc) is 2.54. The van der Waals surface area contributed by atoms with Gasteiger partial charge in [0.1, 0.15) is 0 Å². The summed E-state index contributed by atoms with van der Waals surface area (Å²) in [4.78, 5) is 30.6. The number of hydrogen-bond acceptors (Lipinski definition) is 4. The van der Waals surface area contributed by atoms with Crippen molar-refractivity contribution in [2.24, 2.45) is 11.7 Å². The summed E-state index contributed by atoms with van der Waals surface area (Å²) < 4.78 is 0. The molecule has 2 amide bonds. The van der Waals surface area contributed by atoms with E-state index in [0.29, 0.717) is 32.2 Å². The SMILES string of the molecule is CC(CN)C(=O)N1CCN(CC(=O)N2CCCCC2C)CC1.Cl.Cl. The number of piperidine rings is 1. The van der Waals surface area contributed by atoms with Gasteiger partial charge in [-0.2, -0.15) is 0 Å². The van der Waals surface area contributed by atoms with E-state index in [-0.39, 0.29) is 42.5 Å². The number of carbonyl (C=O) groups excluding carboxylic acids is 2. The molecular formula is C16H32Cl2N4O2. The third-order valence-corrected chi connectivity index (χ3v) is 4.94. The van der Waals surface area contributed by atoms with Crippen LogP contribution in [0.1, 0.15) is 33.1 Å². The maximum atomic E-state index is 12.4. The molecule has 8 heteroatoms. The first-order chi connectivity index (χ1) is 10.5. The summed E-state index contributed by atoms with van der Waals surface area (Å²) in [7, 11) is 0. The Morgan fingerprint density at radius 3 is 2.25 bits per heavy atom. The third kappa shape index (κ3) is 6.06. The van der Waals surface area contributed by atoms with Crippen LogP contribution < -0.4 is 5.73 Å². The lowest BCUT2D eigenvalue weighted by Crippen LogP contribution is -2.54. The summed E-state index contributed by atoms with van der Waals surface area (Å²) in [5, 5.41) is 0. The fraction of sp³-hybridized carbons (Fsp3) is 0.875. The van der Waals surface area contributed by atoms with Crippen LogP contribution in [0.15, 0.2) is 0 Å². The van der Waals surface area contributed by atoms with E-state index < -0.39 is 0 Å². The number of amides is 2. The van der Waals surface area contributed by atoms with E-state index in [9.17, 15) is 9.59 Å². The molecule has 0 aliphatic carbocycles.